The Bertz CT molecular complexity index is 840. The maximum atomic E-state index is 13.5. The van der Waals surface area contributed by atoms with Gasteiger partial charge in [0.05, 0.1) is 22.1 Å². The van der Waals surface area contributed by atoms with E-state index < -0.39 is 11.9 Å². The lowest BCUT2D eigenvalue weighted by Gasteiger charge is -2.14. The largest absolute Gasteiger partial charge is 0.323 e. The fraction of sp³-hybridized carbons (Fsp3) is 0.0714. The Balaban J connectivity index is 2.09. The van der Waals surface area contributed by atoms with Gasteiger partial charge in [-0.3, -0.25) is 0 Å². The van der Waals surface area contributed by atoms with Gasteiger partial charge in [-0.25, -0.2) is 9.18 Å². The third-order valence-electron chi connectivity index (χ3n) is 3.22. The van der Waals surface area contributed by atoms with E-state index >= 15 is 0 Å². The van der Waals surface area contributed by atoms with Crippen molar-refractivity contribution >= 4 is 22.6 Å². The van der Waals surface area contributed by atoms with Gasteiger partial charge in [0.2, 0.25) is 0 Å². The number of aromatic nitrogens is 2. The zero-order valence-electron chi connectivity index (χ0n) is 10.3. The van der Waals surface area contributed by atoms with Gasteiger partial charge in [-0.2, -0.15) is 0 Å². The highest BCUT2D eigenvalue weighted by Gasteiger charge is 2.15. The summed E-state index contributed by atoms with van der Waals surface area (Å²) in [5.74, 6) is -0.504. The number of rotatable bonds is 2. The van der Waals surface area contributed by atoms with Gasteiger partial charge in [0.15, 0.2) is 0 Å². The number of nitrogens with two attached hydrogens (primary N) is 1. The van der Waals surface area contributed by atoms with Gasteiger partial charge in [-0.05, 0) is 29.3 Å². The molecule has 4 N–H and O–H groups in total. The third-order valence-corrected chi connectivity index (χ3v) is 3.61. The molecule has 3 aromatic rings. The molecule has 6 heteroatoms. The van der Waals surface area contributed by atoms with Crippen LogP contribution in [0.5, 0.6) is 0 Å². The Morgan fingerprint density at radius 1 is 1.15 bits per heavy atom. The van der Waals surface area contributed by atoms with Gasteiger partial charge < -0.3 is 15.7 Å². The van der Waals surface area contributed by atoms with Crippen LogP contribution < -0.4 is 11.4 Å². The molecule has 1 atom stereocenters. The Kier molecular flexibility index (Phi) is 3.08. The number of halogens is 2. The van der Waals surface area contributed by atoms with E-state index in [9.17, 15) is 9.18 Å². The monoisotopic (exact) mass is 291 g/mol. The Hall–Kier alpha value is -2.11. The number of fused-ring (bicyclic) bond motifs is 1. The lowest BCUT2D eigenvalue weighted by molar-refractivity contribution is 0.624. The minimum atomic E-state index is -0.569. The number of hydrogen-bond acceptors (Lipinski definition) is 2. The van der Waals surface area contributed by atoms with Crippen LogP contribution in [0.4, 0.5) is 4.39 Å². The van der Waals surface area contributed by atoms with E-state index in [1.807, 2.05) is 0 Å². The van der Waals surface area contributed by atoms with Crippen LogP contribution in [0.3, 0.4) is 0 Å². The first kappa shape index (κ1) is 12.9. The highest BCUT2D eigenvalue weighted by molar-refractivity contribution is 6.31. The van der Waals surface area contributed by atoms with E-state index in [2.05, 4.69) is 9.97 Å². The van der Waals surface area contributed by atoms with E-state index in [0.29, 0.717) is 16.6 Å². The van der Waals surface area contributed by atoms with Crippen LogP contribution in [-0.2, 0) is 0 Å². The van der Waals surface area contributed by atoms with Crippen molar-refractivity contribution in [2.45, 2.75) is 6.04 Å². The molecule has 1 unspecified atom stereocenters. The lowest BCUT2D eigenvalue weighted by Crippen LogP contribution is -2.12. The SMILES string of the molecule is NC(c1ccc2[nH]c(=O)[nH]c2c1)c1cccc(F)c1Cl. The van der Waals surface area contributed by atoms with Gasteiger partial charge in [0, 0.05) is 0 Å². The zero-order chi connectivity index (χ0) is 14.3. The van der Waals surface area contributed by atoms with Crippen LogP contribution in [-0.4, -0.2) is 9.97 Å². The summed E-state index contributed by atoms with van der Waals surface area (Å²) in [5.41, 5.74) is 8.43. The fourth-order valence-electron chi connectivity index (χ4n) is 2.18. The van der Waals surface area contributed by atoms with Crippen molar-refractivity contribution in [3.63, 3.8) is 0 Å². The summed E-state index contributed by atoms with van der Waals surface area (Å²) in [5, 5.41) is 0.0164. The molecule has 4 nitrogen and oxygen atoms in total. The van der Waals surface area contributed by atoms with Crippen LogP contribution in [0.25, 0.3) is 11.0 Å². The average molecular weight is 292 g/mol. The minimum absolute atomic E-state index is 0.0164. The van der Waals surface area contributed by atoms with Crippen LogP contribution in [0.15, 0.2) is 41.2 Å². The number of aromatic amines is 2. The minimum Gasteiger partial charge on any atom is -0.320 e. The highest BCUT2D eigenvalue weighted by Crippen LogP contribution is 2.29. The summed E-state index contributed by atoms with van der Waals surface area (Å²) < 4.78 is 13.5. The van der Waals surface area contributed by atoms with Crippen molar-refractivity contribution in [3.05, 3.63) is 68.8 Å². The molecule has 0 amide bonds. The quantitative estimate of drug-likeness (QED) is 0.679. The maximum Gasteiger partial charge on any atom is 0.323 e. The standard InChI is InChI=1S/C14H11ClFN3O/c15-12-8(2-1-3-9(12)16)13(17)7-4-5-10-11(6-7)19-14(20)18-10/h1-6,13H,17H2,(H2,18,19,20). The second-order valence-corrected chi connectivity index (χ2v) is 4.88. The molecule has 0 aliphatic carbocycles. The van der Waals surface area contributed by atoms with E-state index in [1.165, 1.54) is 6.07 Å². The van der Waals surface area contributed by atoms with E-state index in [1.54, 1.807) is 30.3 Å². The van der Waals surface area contributed by atoms with Crippen molar-refractivity contribution in [1.29, 1.82) is 0 Å². The van der Waals surface area contributed by atoms with Crippen LogP contribution >= 0.6 is 11.6 Å². The first-order valence-corrected chi connectivity index (χ1v) is 6.35. The summed E-state index contributed by atoms with van der Waals surface area (Å²) in [6, 6.07) is 9.23. The second-order valence-electron chi connectivity index (χ2n) is 4.50. The molecule has 0 saturated heterocycles. The zero-order valence-corrected chi connectivity index (χ0v) is 11.0. The maximum absolute atomic E-state index is 13.5. The predicted octanol–water partition coefficient (Wildman–Crippen LogP) is 2.70. The number of nitrogens with one attached hydrogen (secondary N) is 2. The van der Waals surface area contributed by atoms with Crippen LogP contribution in [0.1, 0.15) is 17.2 Å². The smallest absolute Gasteiger partial charge is 0.320 e. The summed E-state index contributed by atoms with van der Waals surface area (Å²) in [6.45, 7) is 0. The molecule has 0 radical (unpaired) electrons. The highest BCUT2D eigenvalue weighted by atomic mass is 35.5. The molecule has 2 aromatic carbocycles. The van der Waals surface area contributed by atoms with Crippen LogP contribution in [0, 0.1) is 5.82 Å². The summed E-state index contributed by atoms with van der Waals surface area (Å²) in [6.07, 6.45) is 0. The molecule has 3 rings (SSSR count). The van der Waals surface area contributed by atoms with Crippen molar-refractivity contribution in [1.82, 2.24) is 9.97 Å². The number of imidazole rings is 1. The Morgan fingerprint density at radius 3 is 2.70 bits per heavy atom. The second kappa shape index (κ2) is 4.77. The molecule has 0 aliphatic heterocycles. The Morgan fingerprint density at radius 2 is 1.90 bits per heavy atom. The molecule has 0 fully saturated rings. The van der Waals surface area contributed by atoms with Crippen LogP contribution in [0.2, 0.25) is 5.02 Å². The molecular formula is C14H11ClFN3O. The molecular weight excluding hydrogens is 281 g/mol. The van der Waals surface area contributed by atoms with Gasteiger partial charge in [0.25, 0.3) is 0 Å². The van der Waals surface area contributed by atoms with Gasteiger partial charge in [-0.1, -0.05) is 29.8 Å². The van der Waals surface area contributed by atoms with Gasteiger partial charge in [-0.15, -0.1) is 0 Å². The summed E-state index contributed by atoms with van der Waals surface area (Å²) in [7, 11) is 0. The molecule has 0 bridgehead atoms. The van der Waals surface area contributed by atoms with E-state index in [0.717, 1.165) is 5.56 Å². The van der Waals surface area contributed by atoms with Gasteiger partial charge in [0.1, 0.15) is 5.82 Å². The summed E-state index contributed by atoms with van der Waals surface area (Å²) in [4.78, 5) is 16.5. The van der Waals surface area contributed by atoms with Gasteiger partial charge >= 0.3 is 5.69 Å². The van der Waals surface area contributed by atoms with E-state index in [4.69, 9.17) is 17.3 Å². The first-order valence-electron chi connectivity index (χ1n) is 5.97. The summed E-state index contributed by atoms with van der Waals surface area (Å²) >= 11 is 5.94. The number of benzene rings is 2. The lowest BCUT2D eigenvalue weighted by atomic mass is 9.99. The van der Waals surface area contributed by atoms with Crippen molar-refractivity contribution < 1.29 is 4.39 Å². The average Bonchev–Trinajstić information content (AvgIpc) is 2.80. The third kappa shape index (κ3) is 2.11. The molecule has 0 saturated carbocycles. The molecule has 0 spiro atoms. The van der Waals surface area contributed by atoms with Crippen molar-refractivity contribution in [3.8, 4) is 0 Å². The number of H-pyrrole nitrogens is 2. The predicted molar refractivity (Wildman–Crippen MR) is 76.4 cm³/mol. The molecule has 0 aliphatic rings. The fourth-order valence-corrected chi connectivity index (χ4v) is 2.43. The topological polar surface area (TPSA) is 74.7 Å². The van der Waals surface area contributed by atoms with Crippen molar-refractivity contribution in [2.24, 2.45) is 5.73 Å². The molecule has 1 heterocycles. The molecule has 1 aromatic heterocycles. The molecule has 102 valence electrons. The van der Waals surface area contributed by atoms with Crippen molar-refractivity contribution in [2.75, 3.05) is 0 Å². The number of hydrogen-bond donors (Lipinski definition) is 3. The van der Waals surface area contributed by atoms with E-state index in [-0.39, 0.29) is 10.7 Å². The molecule has 20 heavy (non-hydrogen) atoms. The Labute approximate surface area is 118 Å². The normalized spacial score (nSPS) is 12.8. The first-order chi connectivity index (χ1) is 9.56.